The molecule has 118 valence electrons. The normalized spacial score (nSPS) is 12.7. The summed E-state index contributed by atoms with van der Waals surface area (Å²) in [5, 5.41) is 9.94. The molecule has 0 saturated carbocycles. The van der Waals surface area contributed by atoms with Crippen LogP contribution in [0.1, 0.15) is 30.5 Å². The van der Waals surface area contributed by atoms with Crippen molar-refractivity contribution < 1.29 is 9.84 Å². The van der Waals surface area contributed by atoms with Crippen molar-refractivity contribution >= 4 is 5.57 Å². The lowest BCUT2D eigenvalue weighted by Gasteiger charge is -2.10. The summed E-state index contributed by atoms with van der Waals surface area (Å²) >= 11 is 0. The van der Waals surface area contributed by atoms with Crippen LogP contribution in [-0.4, -0.2) is 18.3 Å². The van der Waals surface area contributed by atoms with Crippen LogP contribution in [0.2, 0.25) is 0 Å². The molecule has 0 aromatic heterocycles. The van der Waals surface area contributed by atoms with Gasteiger partial charge in [0.1, 0.15) is 5.75 Å². The standard InChI is InChI=1S/C21H22O2/c1-15-6-5-7-18(14-15)8-13-21(16(2)17(3)22)19-9-11-20(23-4)12-10-19/h5-7,9-12,14,17,22H,1-4H3/b21-16+. The Labute approximate surface area is 138 Å². The average molecular weight is 306 g/mol. The third-order valence-electron chi connectivity index (χ3n) is 3.75. The van der Waals surface area contributed by atoms with E-state index in [9.17, 15) is 5.11 Å². The maximum absolute atomic E-state index is 9.94. The number of hydrogen-bond acceptors (Lipinski definition) is 2. The predicted octanol–water partition coefficient (Wildman–Crippen LogP) is 4.21. The van der Waals surface area contributed by atoms with E-state index in [4.69, 9.17) is 4.74 Å². The molecular formula is C21H22O2. The minimum Gasteiger partial charge on any atom is -0.497 e. The van der Waals surface area contributed by atoms with Crippen molar-refractivity contribution in [1.29, 1.82) is 0 Å². The highest BCUT2D eigenvalue weighted by molar-refractivity contribution is 5.82. The molecule has 23 heavy (non-hydrogen) atoms. The van der Waals surface area contributed by atoms with Gasteiger partial charge in [-0.3, -0.25) is 0 Å². The second kappa shape index (κ2) is 7.67. The first-order valence-electron chi connectivity index (χ1n) is 7.63. The zero-order valence-electron chi connectivity index (χ0n) is 14.1. The van der Waals surface area contributed by atoms with Crippen molar-refractivity contribution in [3.63, 3.8) is 0 Å². The Morgan fingerprint density at radius 2 is 1.83 bits per heavy atom. The van der Waals surface area contributed by atoms with Gasteiger partial charge in [0.2, 0.25) is 0 Å². The second-order valence-electron chi connectivity index (χ2n) is 5.58. The molecule has 0 heterocycles. The van der Waals surface area contributed by atoms with Crippen molar-refractivity contribution in [3.8, 4) is 17.6 Å². The number of ether oxygens (including phenoxy) is 1. The van der Waals surface area contributed by atoms with Crippen molar-refractivity contribution in [2.75, 3.05) is 7.11 Å². The van der Waals surface area contributed by atoms with Crippen LogP contribution >= 0.6 is 0 Å². The molecule has 0 amide bonds. The third kappa shape index (κ3) is 4.48. The van der Waals surface area contributed by atoms with Gasteiger partial charge >= 0.3 is 0 Å². The second-order valence-corrected chi connectivity index (χ2v) is 5.58. The summed E-state index contributed by atoms with van der Waals surface area (Å²) in [4.78, 5) is 0. The first-order valence-corrected chi connectivity index (χ1v) is 7.63. The van der Waals surface area contributed by atoms with Gasteiger partial charge < -0.3 is 9.84 Å². The summed E-state index contributed by atoms with van der Waals surface area (Å²) in [5.74, 6) is 7.23. The number of rotatable bonds is 3. The van der Waals surface area contributed by atoms with Crippen LogP contribution in [0.4, 0.5) is 0 Å². The highest BCUT2D eigenvalue weighted by atomic mass is 16.5. The predicted molar refractivity (Wildman–Crippen MR) is 95.3 cm³/mol. The minimum absolute atomic E-state index is 0.543. The first kappa shape index (κ1) is 16.9. The van der Waals surface area contributed by atoms with E-state index in [2.05, 4.69) is 17.9 Å². The summed E-state index contributed by atoms with van der Waals surface area (Å²) in [6.07, 6.45) is -0.543. The summed E-state index contributed by atoms with van der Waals surface area (Å²) in [7, 11) is 1.64. The van der Waals surface area contributed by atoms with Crippen LogP contribution in [0.25, 0.3) is 5.57 Å². The molecule has 1 atom stereocenters. The van der Waals surface area contributed by atoms with E-state index in [1.807, 2.05) is 56.3 Å². The molecule has 0 saturated heterocycles. The van der Waals surface area contributed by atoms with Crippen LogP contribution in [0, 0.1) is 18.8 Å². The summed E-state index contributed by atoms with van der Waals surface area (Å²) in [6, 6.07) is 15.8. The fourth-order valence-electron chi connectivity index (χ4n) is 2.22. The molecule has 2 heteroatoms. The lowest BCUT2D eigenvalue weighted by molar-refractivity contribution is 0.232. The number of aliphatic hydroxyl groups is 1. The Morgan fingerprint density at radius 3 is 2.39 bits per heavy atom. The van der Waals surface area contributed by atoms with E-state index < -0.39 is 6.10 Å². The van der Waals surface area contributed by atoms with Gasteiger partial charge in [0.05, 0.1) is 13.2 Å². The smallest absolute Gasteiger partial charge is 0.118 e. The third-order valence-corrected chi connectivity index (χ3v) is 3.75. The number of hydrogen-bond donors (Lipinski definition) is 1. The zero-order chi connectivity index (χ0) is 16.8. The largest absolute Gasteiger partial charge is 0.497 e. The highest BCUT2D eigenvalue weighted by Gasteiger charge is 2.08. The minimum atomic E-state index is -0.543. The molecule has 0 aliphatic rings. The number of methoxy groups -OCH3 is 1. The number of aryl methyl sites for hydroxylation is 1. The summed E-state index contributed by atoms with van der Waals surface area (Å²) in [5.41, 5.74) is 4.83. The molecule has 0 spiro atoms. The Morgan fingerprint density at radius 1 is 1.13 bits per heavy atom. The maximum Gasteiger partial charge on any atom is 0.118 e. The molecule has 0 aliphatic carbocycles. The molecular weight excluding hydrogens is 284 g/mol. The van der Waals surface area contributed by atoms with E-state index in [-0.39, 0.29) is 0 Å². The van der Waals surface area contributed by atoms with Crippen molar-refractivity contribution in [2.45, 2.75) is 26.9 Å². The molecule has 1 N–H and O–H groups in total. The average Bonchev–Trinajstić information content (AvgIpc) is 2.55. The van der Waals surface area contributed by atoms with Gasteiger partial charge in [-0.05, 0) is 61.7 Å². The lowest BCUT2D eigenvalue weighted by Crippen LogP contribution is -2.04. The van der Waals surface area contributed by atoms with E-state index >= 15 is 0 Å². The number of aliphatic hydroxyl groups excluding tert-OH is 1. The Hall–Kier alpha value is -2.50. The molecule has 0 aliphatic heterocycles. The van der Waals surface area contributed by atoms with Crippen LogP contribution < -0.4 is 4.74 Å². The zero-order valence-corrected chi connectivity index (χ0v) is 14.1. The van der Waals surface area contributed by atoms with Gasteiger partial charge in [-0.1, -0.05) is 36.1 Å². The molecule has 2 aromatic rings. The molecule has 2 rings (SSSR count). The topological polar surface area (TPSA) is 29.5 Å². The molecule has 1 unspecified atom stereocenters. The van der Waals surface area contributed by atoms with Gasteiger partial charge in [-0.2, -0.15) is 0 Å². The fourth-order valence-corrected chi connectivity index (χ4v) is 2.22. The molecule has 0 radical (unpaired) electrons. The van der Waals surface area contributed by atoms with Gasteiger partial charge in [0, 0.05) is 11.1 Å². The van der Waals surface area contributed by atoms with Crippen LogP contribution in [0.3, 0.4) is 0 Å². The van der Waals surface area contributed by atoms with Crippen molar-refractivity contribution in [3.05, 3.63) is 70.8 Å². The van der Waals surface area contributed by atoms with Crippen molar-refractivity contribution in [1.82, 2.24) is 0 Å². The van der Waals surface area contributed by atoms with Crippen molar-refractivity contribution in [2.24, 2.45) is 0 Å². The summed E-state index contributed by atoms with van der Waals surface area (Å²) < 4.78 is 5.20. The number of benzene rings is 2. The SMILES string of the molecule is COc1ccc(/C(C#Cc2cccc(C)c2)=C(\C)C(C)O)cc1. The maximum atomic E-state index is 9.94. The Kier molecular flexibility index (Phi) is 5.62. The molecule has 2 aromatic carbocycles. The van der Waals surface area contributed by atoms with Gasteiger partial charge in [0.25, 0.3) is 0 Å². The van der Waals surface area contributed by atoms with E-state index in [0.29, 0.717) is 0 Å². The van der Waals surface area contributed by atoms with Gasteiger partial charge in [0.15, 0.2) is 0 Å². The van der Waals surface area contributed by atoms with Gasteiger partial charge in [-0.15, -0.1) is 0 Å². The molecule has 2 nitrogen and oxygen atoms in total. The fraction of sp³-hybridized carbons (Fsp3) is 0.238. The Balaban J connectivity index is 2.46. The Bertz CT molecular complexity index is 756. The van der Waals surface area contributed by atoms with Crippen LogP contribution in [-0.2, 0) is 0 Å². The molecule has 0 bridgehead atoms. The lowest BCUT2D eigenvalue weighted by atomic mass is 9.97. The van der Waals surface area contributed by atoms with Gasteiger partial charge in [-0.25, -0.2) is 0 Å². The van der Waals surface area contributed by atoms with E-state index in [0.717, 1.165) is 28.0 Å². The highest BCUT2D eigenvalue weighted by Crippen LogP contribution is 2.23. The first-order chi connectivity index (χ1) is 11.0. The van der Waals surface area contributed by atoms with E-state index in [1.165, 1.54) is 5.56 Å². The van der Waals surface area contributed by atoms with Crippen LogP contribution in [0.15, 0.2) is 54.1 Å². The quantitative estimate of drug-likeness (QED) is 0.861. The summed E-state index contributed by atoms with van der Waals surface area (Å²) in [6.45, 7) is 5.72. The molecule has 0 fully saturated rings. The monoisotopic (exact) mass is 306 g/mol. The number of allylic oxidation sites excluding steroid dienone is 1. The van der Waals surface area contributed by atoms with Crippen LogP contribution in [0.5, 0.6) is 5.75 Å². The van der Waals surface area contributed by atoms with E-state index in [1.54, 1.807) is 14.0 Å².